The summed E-state index contributed by atoms with van der Waals surface area (Å²) < 4.78 is 7.21. The molecular formula is C22H17ClN2O2S2. The average Bonchev–Trinajstić information content (AvgIpc) is 3.15. The molecule has 29 heavy (non-hydrogen) atoms. The SMILES string of the molecule is COc1ccc(CSc2nc3ccc(NC(=O)c4ccccc4Cl)cc3s2)cc1. The van der Waals surface area contributed by atoms with Crippen LogP contribution < -0.4 is 10.1 Å². The van der Waals surface area contributed by atoms with E-state index in [1.165, 1.54) is 5.56 Å². The molecule has 0 aliphatic carbocycles. The van der Waals surface area contributed by atoms with E-state index in [4.69, 9.17) is 16.3 Å². The number of hydrogen-bond donors (Lipinski definition) is 1. The largest absolute Gasteiger partial charge is 0.497 e. The number of thiazole rings is 1. The predicted octanol–water partition coefficient (Wildman–Crippen LogP) is 6.50. The molecule has 4 aromatic rings. The maximum Gasteiger partial charge on any atom is 0.257 e. The van der Waals surface area contributed by atoms with Crippen LogP contribution in [0.3, 0.4) is 0 Å². The highest BCUT2D eigenvalue weighted by Crippen LogP contribution is 2.33. The molecule has 0 spiro atoms. The van der Waals surface area contributed by atoms with Gasteiger partial charge in [0.25, 0.3) is 5.91 Å². The van der Waals surface area contributed by atoms with Crippen molar-refractivity contribution in [2.75, 3.05) is 12.4 Å². The number of benzene rings is 3. The Kier molecular flexibility index (Phi) is 6.04. The molecule has 4 rings (SSSR count). The number of carbonyl (C=O) groups is 1. The van der Waals surface area contributed by atoms with Crippen LogP contribution in [0, 0.1) is 0 Å². The fourth-order valence-corrected chi connectivity index (χ4v) is 5.04. The van der Waals surface area contributed by atoms with Crippen molar-refractivity contribution in [2.24, 2.45) is 0 Å². The maximum absolute atomic E-state index is 12.5. The molecule has 7 heteroatoms. The molecular weight excluding hydrogens is 424 g/mol. The summed E-state index contributed by atoms with van der Waals surface area (Å²) in [6.07, 6.45) is 0. The Hall–Kier alpha value is -2.54. The van der Waals surface area contributed by atoms with Crippen molar-refractivity contribution in [2.45, 2.75) is 10.1 Å². The molecule has 0 unspecified atom stereocenters. The van der Waals surface area contributed by atoms with Gasteiger partial charge in [-0.15, -0.1) is 11.3 Å². The van der Waals surface area contributed by atoms with E-state index in [0.29, 0.717) is 10.6 Å². The van der Waals surface area contributed by atoms with Crippen LogP contribution in [-0.4, -0.2) is 18.0 Å². The number of amides is 1. The molecule has 0 atom stereocenters. The Bertz CT molecular complexity index is 1160. The number of halogens is 1. The summed E-state index contributed by atoms with van der Waals surface area (Å²) in [5.74, 6) is 1.46. The summed E-state index contributed by atoms with van der Waals surface area (Å²) in [5, 5.41) is 3.34. The zero-order valence-electron chi connectivity index (χ0n) is 15.5. The highest BCUT2D eigenvalue weighted by molar-refractivity contribution is 8.00. The van der Waals surface area contributed by atoms with E-state index in [9.17, 15) is 4.79 Å². The average molecular weight is 441 g/mol. The first kappa shape index (κ1) is 19.8. The van der Waals surface area contributed by atoms with Crippen molar-refractivity contribution in [3.05, 3.63) is 82.9 Å². The maximum atomic E-state index is 12.5. The molecule has 1 N–H and O–H groups in total. The number of rotatable bonds is 6. The molecule has 0 aliphatic rings. The molecule has 0 radical (unpaired) electrons. The lowest BCUT2D eigenvalue weighted by molar-refractivity contribution is 0.102. The number of nitrogens with zero attached hydrogens (tertiary/aromatic N) is 1. The number of aromatic nitrogens is 1. The molecule has 0 aliphatic heterocycles. The van der Waals surface area contributed by atoms with Crippen molar-refractivity contribution >= 4 is 56.5 Å². The second kappa shape index (κ2) is 8.86. The first-order valence-corrected chi connectivity index (χ1v) is 11.0. The molecule has 1 amide bonds. The van der Waals surface area contributed by atoms with Gasteiger partial charge in [0.2, 0.25) is 0 Å². The second-order valence-corrected chi connectivity index (χ2v) is 8.89. The van der Waals surface area contributed by atoms with Crippen molar-refractivity contribution in [1.82, 2.24) is 4.98 Å². The Morgan fingerprint density at radius 2 is 1.93 bits per heavy atom. The van der Waals surface area contributed by atoms with Crippen LogP contribution in [0.15, 0.2) is 71.1 Å². The molecule has 0 bridgehead atoms. The molecule has 146 valence electrons. The minimum Gasteiger partial charge on any atom is -0.497 e. The van der Waals surface area contributed by atoms with Crippen molar-refractivity contribution in [3.8, 4) is 5.75 Å². The van der Waals surface area contributed by atoms with Crippen LogP contribution in [0.25, 0.3) is 10.2 Å². The third-order valence-electron chi connectivity index (χ3n) is 4.27. The number of fused-ring (bicyclic) bond motifs is 1. The molecule has 0 saturated heterocycles. The van der Waals surface area contributed by atoms with E-state index >= 15 is 0 Å². The summed E-state index contributed by atoms with van der Waals surface area (Å²) in [7, 11) is 1.66. The van der Waals surface area contributed by atoms with Gasteiger partial charge in [-0.3, -0.25) is 4.79 Å². The quantitative estimate of drug-likeness (QED) is 0.347. The zero-order valence-corrected chi connectivity index (χ0v) is 17.9. The lowest BCUT2D eigenvalue weighted by atomic mass is 10.2. The second-order valence-electron chi connectivity index (χ2n) is 6.23. The predicted molar refractivity (Wildman–Crippen MR) is 122 cm³/mol. The Morgan fingerprint density at radius 1 is 1.14 bits per heavy atom. The van der Waals surface area contributed by atoms with E-state index in [1.54, 1.807) is 54.5 Å². The lowest BCUT2D eigenvalue weighted by Crippen LogP contribution is -2.12. The van der Waals surface area contributed by atoms with Crippen LogP contribution >= 0.6 is 34.7 Å². The lowest BCUT2D eigenvalue weighted by Gasteiger charge is -2.06. The molecule has 1 aromatic heterocycles. The van der Waals surface area contributed by atoms with E-state index < -0.39 is 0 Å². The topological polar surface area (TPSA) is 51.2 Å². The summed E-state index contributed by atoms with van der Waals surface area (Å²) in [4.78, 5) is 17.1. The number of ether oxygens (including phenoxy) is 1. The minimum atomic E-state index is -0.228. The normalized spacial score (nSPS) is 10.8. The van der Waals surface area contributed by atoms with E-state index in [0.717, 1.165) is 31.7 Å². The van der Waals surface area contributed by atoms with Crippen LogP contribution in [0.1, 0.15) is 15.9 Å². The van der Waals surface area contributed by atoms with Gasteiger partial charge in [-0.1, -0.05) is 47.6 Å². The smallest absolute Gasteiger partial charge is 0.257 e. The van der Waals surface area contributed by atoms with Gasteiger partial charge >= 0.3 is 0 Å². The number of hydrogen-bond acceptors (Lipinski definition) is 5. The Balaban J connectivity index is 1.45. The summed E-state index contributed by atoms with van der Waals surface area (Å²) in [6.45, 7) is 0. The van der Waals surface area contributed by atoms with Gasteiger partial charge < -0.3 is 10.1 Å². The van der Waals surface area contributed by atoms with Crippen LogP contribution in [-0.2, 0) is 5.75 Å². The van der Waals surface area contributed by atoms with E-state index in [-0.39, 0.29) is 5.91 Å². The zero-order chi connectivity index (χ0) is 20.2. The third kappa shape index (κ3) is 4.72. The molecule has 3 aromatic carbocycles. The first-order valence-electron chi connectivity index (χ1n) is 8.84. The Labute approximate surface area is 181 Å². The molecule has 4 nitrogen and oxygen atoms in total. The van der Waals surface area contributed by atoms with Crippen LogP contribution in [0.5, 0.6) is 5.75 Å². The third-order valence-corrected chi connectivity index (χ3v) is 6.83. The Morgan fingerprint density at radius 3 is 2.69 bits per heavy atom. The summed E-state index contributed by atoms with van der Waals surface area (Å²) >= 11 is 9.41. The van der Waals surface area contributed by atoms with Crippen LogP contribution in [0.4, 0.5) is 5.69 Å². The number of nitrogens with one attached hydrogen (secondary N) is 1. The first-order chi connectivity index (χ1) is 14.1. The van der Waals surface area contributed by atoms with Gasteiger partial charge in [0, 0.05) is 11.4 Å². The standard InChI is InChI=1S/C22H17ClN2O2S2/c1-27-16-9-6-14(7-10-16)13-28-22-25-19-11-8-15(12-20(19)29-22)24-21(26)17-4-2-3-5-18(17)23/h2-12H,13H2,1H3,(H,24,26). The summed E-state index contributed by atoms with van der Waals surface area (Å²) in [5.41, 5.74) is 3.30. The van der Waals surface area contributed by atoms with Gasteiger partial charge in [-0.25, -0.2) is 4.98 Å². The number of methoxy groups -OCH3 is 1. The van der Waals surface area contributed by atoms with Crippen molar-refractivity contribution in [1.29, 1.82) is 0 Å². The van der Waals surface area contributed by atoms with Gasteiger partial charge in [-0.05, 0) is 48.0 Å². The van der Waals surface area contributed by atoms with Crippen LogP contribution in [0.2, 0.25) is 5.02 Å². The molecule has 0 fully saturated rings. The number of carbonyl (C=O) groups excluding carboxylic acids is 1. The highest BCUT2D eigenvalue weighted by atomic mass is 35.5. The monoisotopic (exact) mass is 440 g/mol. The van der Waals surface area contributed by atoms with Crippen molar-refractivity contribution < 1.29 is 9.53 Å². The fraction of sp³-hybridized carbons (Fsp3) is 0.0909. The van der Waals surface area contributed by atoms with E-state index in [2.05, 4.69) is 22.4 Å². The molecule has 0 saturated carbocycles. The molecule has 1 heterocycles. The van der Waals surface area contributed by atoms with E-state index in [1.807, 2.05) is 30.3 Å². The minimum absolute atomic E-state index is 0.228. The van der Waals surface area contributed by atoms with Gasteiger partial charge in [0.05, 0.1) is 27.9 Å². The fourth-order valence-electron chi connectivity index (χ4n) is 2.75. The highest BCUT2D eigenvalue weighted by Gasteiger charge is 2.11. The number of thioether (sulfide) groups is 1. The van der Waals surface area contributed by atoms with Gasteiger partial charge in [0.1, 0.15) is 5.75 Å². The van der Waals surface area contributed by atoms with Gasteiger partial charge in [0.15, 0.2) is 4.34 Å². The van der Waals surface area contributed by atoms with Gasteiger partial charge in [-0.2, -0.15) is 0 Å². The number of anilines is 1. The van der Waals surface area contributed by atoms with Crippen molar-refractivity contribution in [3.63, 3.8) is 0 Å². The summed E-state index contributed by atoms with van der Waals surface area (Å²) in [6, 6.07) is 20.8.